The summed E-state index contributed by atoms with van der Waals surface area (Å²) in [5, 5.41) is 16.2. The Balaban J connectivity index is 2.13. The SMILES string of the molecule is CC(C)OC(=O)C(Cc1ccc(NC(=O)c2c([N+](=O)[O-])ncn2C)cc1)NC(=O)OC(C)(C)C. The minimum absolute atomic E-state index is 0.117. The van der Waals surface area contributed by atoms with Crippen LogP contribution in [0.2, 0.25) is 0 Å². The highest BCUT2D eigenvalue weighted by Crippen LogP contribution is 2.18. The normalized spacial score (nSPS) is 12.1. The van der Waals surface area contributed by atoms with Gasteiger partial charge in [-0.1, -0.05) is 12.1 Å². The van der Waals surface area contributed by atoms with Crippen molar-refractivity contribution in [2.45, 2.75) is 58.8 Å². The van der Waals surface area contributed by atoms with E-state index in [9.17, 15) is 24.5 Å². The van der Waals surface area contributed by atoms with Crippen molar-refractivity contribution in [1.29, 1.82) is 0 Å². The third kappa shape index (κ3) is 7.57. The van der Waals surface area contributed by atoms with Crippen LogP contribution in [0.1, 0.15) is 50.7 Å². The van der Waals surface area contributed by atoms with Gasteiger partial charge in [0.1, 0.15) is 11.6 Å². The van der Waals surface area contributed by atoms with Crippen LogP contribution < -0.4 is 10.6 Å². The van der Waals surface area contributed by atoms with E-state index in [4.69, 9.17) is 9.47 Å². The number of anilines is 1. The average molecular weight is 476 g/mol. The van der Waals surface area contributed by atoms with Crippen molar-refractivity contribution in [2.75, 3.05) is 5.32 Å². The number of benzene rings is 1. The molecule has 12 nitrogen and oxygen atoms in total. The molecule has 0 aliphatic rings. The van der Waals surface area contributed by atoms with Crippen LogP contribution >= 0.6 is 0 Å². The second-order valence-corrected chi connectivity index (χ2v) is 8.82. The highest BCUT2D eigenvalue weighted by Gasteiger charge is 2.28. The summed E-state index contributed by atoms with van der Waals surface area (Å²) in [5.74, 6) is -1.84. The standard InChI is InChI=1S/C22H29N5O7/c1-13(2)33-20(29)16(25-21(30)34-22(3,4)5)11-14-7-9-15(10-8-14)24-19(28)17-18(27(31)32)23-12-26(17)6/h7-10,12-13,16H,11H2,1-6H3,(H,24,28)(H,25,30). The molecular weight excluding hydrogens is 446 g/mol. The molecule has 2 aromatic rings. The number of rotatable bonds is 8. The van der Waals surface area contributed by atoms with Crippen LogP contribution in [0.3, 0.4) is 0 Å². The topological polar surface area (TPSA) is 155 Å². The molecule has 2 rings (SSSR count). The first-order valence-electron chi connectivity index (χ1n) is 10.5. The van der Waals surface area contributed by atoms with Crippen molar-refractivity contribution >= 4 is 29.5 Å². The molecule has 0 aliphatic carbocycles. The Bertz CT molecular complexity index is 1050. The van der Waals surface area contributed by atoms with E-state index in [1.54, 1.807) is 58.9 Å². The van der Waals surface area contributed by atoms with E-state index in [1.165, 1.54) is 17.9 Å². The maximum atomic E-state index is 12.5. The van der Waals surface area contributed by atoms with Crippen LogP contribution in [-0.2, 0) is 27.7 Å². The summed E-state index contributed by atoms with van der Waals surface area (Å²) in [6.07, 6.45) is 0.181. The molecule has 2 amide bonds. The van der Waals surface area contributed by atoms with Crippen LogP contribution in [0.5, 0.6) is 0 Å². The number of aromatic nitrogens is 2. The van der Waals surface area contributed by atoms with E-state index >= 15 is 0 Å². The molecule has 2 N–H and O–H groups in total. The summed E-state index contributed by atoms with van der Waals surface area (Å²) < 4.78 is 11.7. The van der Waals surface area contributed by atoms with Crippen LogP contribution in [0.25, 0.3) is 0 Å². The molecule has 1 heterocycles. The molecule has 0 radical (unpaired) electrons. The van der Waals surface area contributed by atoms with Gasteiger partial charge in [-0.25, -0.2) is 9.59 Å². The Labute approximate surface area is 196 Å². The second kappa shape index (κ2) is 10.8. The number of esters is 1. The minimum atomic E-state index is -0.991. The Morgan fingerprint density at radius 3 is 2.32 bits per heavy atom. The lowest BCUT2D eigenvalue weighted by Crippen LogP contribution is -2.46. The molecule has 1 atom stereocenters. The van der Waals surface area contributed by atoms with E-state index in [-0.39, 0.29) is 18.2 Å². The number of alkyl carbamates (subject to hydrolysis) is 1. The molecule has 0 spiro atoms. The van der Waals surface area contributed by atoms with Crippen LogP contribution in [-0.4, -0.2) is 50.2 Å². The second-order valence-electron chi connectivity index (χ2n) is 8.82. The van der Waals surface area contributed by atoms with Gasteiger partial charge in [0.25, 0.3) is 5.91 Å². The zero-order valence-electron chi connectivity index (χ0n) is 19.9. The predicted molar refractivity (Wildman–Crippen MR) is 122 cm³/mol. The lowest BCUT2D eigenvalue weighted by molar-refractivity contribution is -0.389. The van der Waals surface area contributed by atoms with E-state index in [1.807, 2.05) is 0 Å². The smallest absolute Gasteiger partial charge is 0.408 e. The van der Waals surface area contributed by atoms with Crippen LogP contribution in [0.15, 0.2) is 30.6 Å². The fourth-order valence-electron chi connectivity index (χ4n) is 2.92. The lowest BCUT2D eigenvalue weighted by atomic mass is 10.1. The first-order chi connectivity index (χ1) is 15.8. The first-order valence-corrected chi connectivity index (χ1v) is 10.5. The van der Waals surface area contributed by atoms with Gasteiger partial charge in [-0.2, -0.15) is 0 Å². The van der Waals surface area contributed by atoms with Crippen molar-refractivity contribution in [2.24, 2.45) is 7.05 Å². The van der Waals surface area contributed by atoms with Gasteiger partial charge in [0.2, 0.25) is 12.0 Å². The zero-order chi connectivity index (χ0) is 25.6. The summed E-state index contributed by atoms with van der Waals surface area (Å²) in [6, 6.07) is 5.47. The lowest BCUT2D eigenvalue weighted by Gasteiger charge is -2.23. The molecule has 12 heteroatoms. The largest absolute Gasteiger partial charge is 0.461 e. The highest BCUT2D eigenvalue weighted by molar-refractivity contribution is 6.05. The number of nitrogens with one attached hydrogen (secondary N) is 2. The van der Waals surface area contributed by atoms with E-state index in [0.29, 0.717) is 11.3 Å². The third-order valence-corrected chi connectivity index (χ3v) is 4.28. The Morgan fingerprint density at radius 2 is 1.79 bits per heavy atom. The molecule has 1 aromatic heterocycles. The number of hydrogen-bond acceptors (Lipinski definition) is 8. The zero-order valence-corrected chi connectivity index (χ0v) is 19.9. The fraction of sp³-hybridized carbons (Fsp3) is 0.455. The molecule has 34 heavy (non-hydrogen) atoms. The number of nitrogens with zero attached hydrogens (tertiary/aromatic N) is 3. The van der Waals surface area contributed by atoms with Gasteiger partial charge >= 0.3 is 17.9 Å². The Morgan fingerprint density at radius 1 is 1.18 bits per heavy atom. The number of ether oxygens (including phenoxy) is 2. The summed E-state index contributed by atoms with van der Waals surface area (Å²) in [7, 11) is 1.48. The fourth-order valence-corrected chi connectivity index (χ4v) is 2.92. The molecule has 0 saturated heterocycles. The summed E-state index contributed by atoms with van der Waals surface area (Å²) in [4.78, 5) is 51.2. The average Bonchev–Trinajstić information content (AvgIpc) is 3.09. The van der Waals surface area contributed by atoms with E-state index in [2.05, 4.69) is 15.6 Å². The number of hydrogen-bond donors (Lipinski definition) is 2. The van der Waals surface area contributed by atoms with Gasteiger partial charge < -0.3 is 34.8 Å². The molecule has 0 bridgehead atoms. The van der Waals surface area contributed by atoms with Gasteiger partial charge in [-0.3, -0.25) is 4.79 Å². The van der Waals surface area contributed by atoms with Gasteiger partial charge in [0.05, 0.1) is 6.10 Å². The number of carbonyl (C=O) groups excluding carboxylic acids is 3. The van der Waals surface area contributed by atoms with Crippen molar-refractivity contribution in [3.63, 3.8) is 0 Å². The molecule has 0 aliphatic heterocycles. The van der Waals surface area contributed by atoms with Crippen molar-refractivity contribution in [3.05, 3.63) is 52.0 Å². The highest BCUT2D eigenvalue weighted by atomic mass is 16.6. The van der Waals surface area contributed by atoms with E-state index < -0.39 is 40.4 Å². The maximum absolute atomic E-state index is 12.5. The Hall–Kier alpha value is -3.96. The van der Waals surface area contributed by atoms with Crippen LogP contribution in [0.4, 0.5) is 16.3 Å². The number of nitro groups is 1. The quantitative estimate of drug-likeness (QED) is 0.335. The Kier molecular flexibility index (Phi) is 8.33. The first kappa shape index (κ1) is 26.3. The van der Waals surface area contributed by atoms with Crippen molar-refractivity contribution < 1.29 is 28.8 Å². The summed E-state index contributed by atoms with van der Waals surface area (Å²) in [5.41, 5.74) is 0.128. The van der Waals surface area contributed by atoms with Crippen molar-refractivity contribution in [1.82, 2.24) is 14.9 Å². The van der Waals surface area contributed by atoms with Crippen molar-refractivity contribution in [3.8, 4) is 0 Å². The number of amides is 2. The van der Waals surface area contributed by atoms with Gasteiger partial charge in [-0.05, 0) is 62.2 Å². The van der Waals surface area contributed by atoms with E-state index in [0.717, 1.165) is 0 Å². The number of imidazole rings is 1. The summed E-state index contributed by atoms with van der Waals surface area (Å²) in [6.45, 7) is 8.53. The molecule has 0 saturated carbocycles. The van der Waals surface area contributed by atoms with Gasteiger partial charge in [0, 0.05) is 19.2 Å². The predicted octanol–water partition coefficient (Wildman–Crippen LogP) is 2.97. The minimum Gasteiger partial charge on any atom is -0.461 e. The molecule has 0 fully saturated rings. The molecule has 1 aromatic carbocycles. The van der Waals surface area contributed by atoms with Gasteiger partial charge in [0.15, 0.2) is 0 Å². The molecular formula is C22H29N5O7. The number of aryl methyl sites for hydroxylation is 1. The summed E-state index contributed by atoms with van der Waals surface area (Å²) >= 11 is 0. The van der Waals surface area contributed by atoms with Gasteiger partial charge in [-0.15, -0.1) is 0 Å². The monoisotopic (exact) mass is 475 g/mol. The molecule has 1 unspecified atom stereocenters. The number of carbonyl (C=O) groups is 3. The molecule has 184 valence electrons. The third-order valence-electron chi connectivity index (χ3n) is 4.28. The maximum Gasteiger partial charge on any atom is 0.408 e. The van der Waals surface area contributed by atoms with Crippen LogP contribution in [0, 0.1) is 10.1 Å².